The van der Waals surface area contributed by atoms with E-state index in [-0.39, 0.29) is 11.1 Å². The summed E-state index contributed by atoms with van der Waals surface area (Å²) < 4.78 is 13.0. The van der Waals surface area contributed by atoms with Crippen LogP contribution in [-0.2, 0) is 0 Å². The lowest BCUT2D eigenvalue weighted by Crippen LogP contribution is -2.28. The maximum absolute atomic E-state index is 13.0. The number of nitrogens with one attached hydrogen (secondary N) is 1. The van der Waals surface area contributed by atoms with Crippen molar-refractivity contribution in [1.82, 2.24) is 5.32 Å². The molecule has 0 aliphatic heterocycles. The topological polar surface area (TPSA) is 38.0 Å². The van der Waals surface area contributed by atoms with Gasteiger partial charge in [-0.2, -0.15) is 0 Å². The van der Waals surface area contributed by atoms with E-state index in [0.29, 0.717) is 19.5 Å². The second-order valence-electron chi connectivity index (χ2n) is 3.37. The van der Waals surface area contributed by atoms with Gasteiger partial charge in [-0.05, 0) is 17.7 Å². The van der Waals surface area contributed by atoms with Gasteiger partial charge in [0.2, 0.25) is 0 Å². The zero-order chi connectivity index (χ0) is 12.0. The Balaban J connectivity index is 2.71. The van der Waals surface area contributed by atoms with Crippen LogP contribution < -0.4 is 11.1 Å². The van der Waals surface area contributed by atoms with Crippen molar-refractivity contribution in [1.29, 1.82) is 0 Å². The third-order valence-electron chi connectivity index (χ3n) is 2.24. The van der Waals surface area contributed by atoms with Gasteiger partial charge in [0, 0.05) is 25.6 Å². The zero-order valence-electron chi connectivity index (χ0n) is 8.84. The van der Waals surface area contributed by atoms with Gasteiger partial charge in [-0.1, -0.05) is 17.7 Å². The highest BCUT2D eigenvalue weighted by molar-refractivity contribution is 6.30. The van der Waals surface area contributed by atoms with E-state index < -0.39 is 5.82 Å². The third-order valence-corrected chi connectivity index (χ3v) is 2.53. The molecule has 0 radical (unpaired) electrons. The number of terminal acetylenes is 1. The summed E-state index contributed by atoms with van der Waals surface area (Å²) in [6, 6.07) is 4.54. The summed E-state index contributed by atoms with van der Waals surface area (Å²) in [5.74, 6) is 2.10. The minimum absolute atomic E-state index is 0.0496. The van der Waals surface area contributed by atoms with E-state index in [1.54, 1.807) is 12.1 Å². The third kappa shape index (κ3) is 3.49. The molecule has 0 saturated heterocycles. The lowest BCUT2D eigenvalue weighted by atomic mass is 10.1. The van der Waals surface area contributed by atoms with Crippen LogP contribution in [0.15, 0.2) is 18.2 Å². The van der Waals surface area contributed by atoms with Gasteiger partial charge in [0.15, 0.2) is 0 Å². The van der Waals surface area contributed by atoms with Crippen LogP contribution >= 0.6 is 11.6 Å². The van der Waals surface area contributed by atoms with Crippen LogP contribution in [0, 0.1) is 18.2 Å². The van der Waals surface area contributed by atoms with E-state index in [9.17, 15) is 4.39 Å². The lowest BCUT2D eigenvalue weighted by molar-refractivity contribution is 0.548. The van der Waals surface area contributed by atoms with Gasteiger partial charge < -0.3 is 11.1 Å². The zero-order valence-corrected chi connectivity index (χ0v) is 9.60. The standard InChI is InChI=1S/C12H14ClFN2/c1-2-3-6-16-12(8-15)9-4-5-11(14)10(13)7-9/h1,4-5,7,12,16H,3,6,8,15H2. The van der Waals surface area contributed by atoms with Crippen LogP contribution in [0.25, 0.3) is 0 Å². The van der Waals surface area contributed by atoms with Crippen LogP contribution in [0.3, 0.4) is 0 Å². The summed E-state index contributed by atoms with van der Waals surface area (Å²) in [7, 11) is 0. The van der Waals surface area contributed by atoms with Gasteiger partial charge in [0.05, 0.1) is 5.02 Å². The second kappa shape index (κ2) is 6.49. The Hall–Kier alpha value is -1.08. The van der Waals surface area contributed by atoms with Gasteiger partial charge in [0.1, 0.15) is 5.82 Å². The fourth-order valence-corrected chi connectivity index (χ4v) is 1.57. The Bertz CT molecular complexity index is 387. The smallest absolute Gasteiger partial charge is 0.141 e. The number of nitrogens with two attached hydrogens (primary N) is 1. The molecule has 0 heterocycles. The Morgan fingerprint density at radius 3 is 2.88 bits per heavy atom. The van der Waals surface area contributed by atoms with E-state index in [1.165, 1.54) is 6.07 Å². The molecule has 0 spiro atoms. The number of rotatable bonds is 5. The van der Waals surface area contributed by atoms with Crippen molar-refractivity contribution in [3.63, 3.8) is 0 Å². The second-order valence-corrected chi connectivity index (χ2v) is 3.78. The molecule has 0 aromatic heterocycles. The molecule has 1 aromatic carbocycles. The molecule has 0 fully saturated rings. The first kappa shape index (κ1) is 13.0. The monoisotopic (exact) mass is 240 g/mol. The van der Waals surface area contributed by atoms with Crippen molar-refractivity contribution in [2.45, 2.75) is 12.5 Å². The van der Waals surface area contributed by atoms with Crippen molar-refractivity contribution >= 4 is 11.6 Å². The van der Waals surface area contributed by atoms with Gasteiger partial charge >= 0.3 is 0 Å². The SMILES string of the molecule is C#CCCNC(CN)c1ccc(F)c(Cl)c1. The summed E-state index contributed by atoms with van der Waals surface area (Å²) in [5.41, 5.74) is 6.49. The Kier molecular flexibility index (Phi) is 5.27. The van der Waals surface area contributed by atoms with Crippen LogP contribution in [0.1, 0.15) is 18.0 Å². The van der Waals surface area contributed by atoms with Crippen molar-refractivity contribution < 1.29 is 4.39 Å². The van der Waals surface area contributed by atoms with Crippen LogP contribution in [0.4, 0.5) is 4.39 Å². The summed E-state index contributed by atoms with van der Waals surface area (Å²) in [6.07, 6.45) is 5.78. The molecule has 4 heteroatoms. The molecule has 0 aliphatic carbocycles. The summed E-state index contributed by atoms with van der Waals surface area (Å²) in [4.78, 5) is 0. The molecule has 0 amide bonds. The molecule has 16 heavy (non-hydrogen) atoms. The highest BCUT2D eigenvalue weighted by Gasteiger charge is 2.10. The predicted molar refractivity (Wildman–Crippen MR) is 64.7 cm³/mol. The number of hydrogen-bond donors (Lipinski definition) is 2. The molecule has 1 atom stereocenters. The predicted octanol–water partition coefficient (Wildman–Crippen LogP) is 2.09. The molecular formula is C12H14ClFN2. The van der Waals surface area contributed by atoms with E-state index in [1.807, 2.05) is 0 Å². The first-order chi connectivity index (χ1) is 7.69. The van der Waals surface area contributed by atoms with Gasteiger partial charge in [-0.15, -0.1) is 12.3 Å². The maximum atomic E-state index is 13.0. The molecule has 0 bridgehead atoms. The van der Waals surface area contributed by atoms with Gasteiger partial charge in [0.25, 0.3) is 0 Å². The van der Waals surface area contributed by atoms with Crippen molar-refractivity contribution in [3.8, 4) is 12.3 Å². The molecule has 86 valence electrons. The highest BCUT2D eigenvalue weighted by Crippen LogP contribution is 2.20. The lowest BCUT2D eigenvalue weighted by Gasteiger charge is -2.16. The molecule has 0 saturated carbocycles. The van der Waals surface area contributed by atoms with Crippen LogP contribution in [-0.4, -0.2) is 13.1 Å². The van der Waals surface area contributed by atoms with Gasteiger partial charge in [-0.25, -0.2) is 4.39 Å². The molecule has 2 nitrogen and oxygen atoms in total. The summed E-state index contributed by atoms with van der Waals surface area (Å²) in [5, 5.41) is 3.29. The number of benzene rings is 1. The average Bonchev–Trinajstić information content (AvgIpc) is 2.29. The van der Waals surface area contributed by atoms with E-state index in [2.05, 4.69) is 11.2 Å². The Morgan fingerprint density at radius 1 is 1.56 bits per heavy atom. The van der Waals surface area contributed by atoms with Crippen molar-refractivity contribution in [2.75, 3.05) is 13.1 Å². The van der Waals surface area contributed by atoms with Gasteiger partial charge in [-0.3, -0.25) is 0 Å². The minimum atomic E-state index is -0.426. The molecular weight excluding hydrogens is 227 g/mol. The average molecular weight is 241 g/mol. The summed E-state index contributed by atoms with van der Waals surface area (Å²) >= 11 is 5.70. The fourth-order valence-electron chi connectivity index (χ4n) is 1.38. The molecule has 1 rings (SSSR count). The Labute approximate surface area is 100.0 Å². The minimum Gasteiger partial charge on any atom is -0.329 e. The number of halogens is 2. The first-order valence-electron chi connectivity index (χ1n) is 5.01. The van der Waals surface area contributed by atoms with Crippen LogP contribution in [0.5, 0.6) is 0 Å². The largest absolute Gasteiger partial charge is 0.329 e. The van der Waals surface area contributed by atoms with E-state index in [4.69, 9.17) is 23.8 Å². The molecule has 0 aliphatic rings. The normalized spacial score (nSPS) is 12.1. The Morgan fingerprint density at radius 2 is 2.31 bits per heavy atom. The maximum Gasteiger partial charge on any atom is 0.141 e. The highest BCUT2D eigenvalue weighted by atomic mass is 35.5. The quantitative estimate of drug-likeness (QED) is 0.611. The molecule has 3 N–H and O–H groups in total. The van der Waals surface area contributed by atoms with E-state index >= 15 is 0 Å². The fraction of sp³-hybridized carbons (Fsp3) is 0.333. The number of hydrogen-bond acceptors (Lipinski definition) is 2. The van der Waals surface area contributed by atoms with E-state index in [0.717, 1.165) is 5.56 Å². The first-order valence-corrected chi connectivity index (χ1v) is 5.38. The molecule has 1 unspecified atom stereocenters. The van der Waals surface area contributed by atoms with Crippen molar-refractivity contribution in [2.24, 2.45) is 5.73 Å². The summed E-state index contributed by atoms with van der Waals surface area (Å²) in [6.45, 7) is 1.08. The van der Waals surface area contributed by atoms with Crippen molar-refractivity contribution in [3.05, 3.63) is 34.6 Å². The van der Waals surface area contributed by atoms with Crippen LogP contribution in [0.2, 0.25) is 5.02 Å². The molecule has 1 aromatic rings.